The van der Waals surface area contributed by atoms with Crippen molar-refractivity contribution in [3.8, 4) is 0 Å². The molecule has 0 radical (unpaired) electrons. The zero-order valence-corrected chi connectivity index (χ0v) is 14.0. The fourth-order valence-corrected chi connectivity index (χ4v) is 3.89. The van der Waals surface area contributed by atoms with Crippen LogP contribution >= 0.6 is 0 Å². The van der Waals surface area contributed by atoms with Crippen LogP contribution in [0.15, 0.2) is 24.3 Å². The van der Waals surface area contributed by atoms with Gasteiger partial charge in [-0.25, -0.2) is 0 Å². The molecule has 23 heavy (non-hydrogen) atoms. The number of amides is 2. The van der Waals surface area contributed by atoms with Gasteiger partial charge in [0.2, 0.25) is 11.8 Å². The van der Waals surface area contributed by atoms with Crippen LogP contribution in [0.2, 0.25) is 0 Å². The maximum Gasteiger partial charge on any atom is 0.247 e. The predicted octanol–water partition coefficient (Wildman–Crippen LogP) is 2.97. The third-order valence-electron chi connectivity index (χ3n) is 5.01. The summed E-state index contributed by atoms with van der Waals surface area (Å²) in [6.45, 7) is 3.96. The van der Waals surface area contributed by atoms with Gasteiger partial charge in [0, 0.05) is 12.1 Å². The van der Waals surface area contributed by atoms with Crippen molar-refractivity contribution < 1.29 is 9.59 Å². The molecule has 1 aromatic carbocycles. The van der Waals surface area contributed by atoms with Crippen molar-refractivity contribution in [2.24, 2.45) is 0 Å². The number of nitrogens with one attached hydrogen (secondary N) is 1. The summed E-state index contributed by atoms with van der Waals surface area (Å²) in [4.78, 5) is 27.3. The van der Waals surface area contributed by atoms with Gasteiger partial charge < -0.3 is 10.2 Å². The lowest BCUT2D eigenvalue weighted by molar-refractivity contribution is -0.144. The zero-order valence-electron chi connectivity index (χ0n) is 14.0. The fraction of sp³-hybridized carbons (Fsp3) is 0.579. The largest absolute Gasteiger partial charge is 0.351 e. The molecule has 1 atom stereocenters. The summed E-state index contributed by atoms with van der Waals surface area (Å²) < 4.78 is 0. The van der Waals surface area contributed by atoms with Crippen LogP contribution in [-0.2, 0) is 16.0 Å². The summed E-state index contributed by atoms with van der Waals surface area (Å²) >= 11 is 0. The van der Waals surface area contributed by atoms with Gasteiger partial charge in [0.25, 0.3) is 0 Å². The van der Waals surface area contributed by atoms with Gasteiger partial charge in [0.05, 0.1) is 6.42 Å². The van der Waals surface area contributed by atoms with Crippen molar-refractivity contribution in [3.63, 3.8) is 0 Å². The van der Waals surface area contributed by atoms with Crippen molar-refractivity contribution in [2.45, 2.75) is 70.5 Å². The van der Waals surface area contributed by atoms with Gasteiger partial charge in [-0.2, -0.15) is 0 Å². The van der Waals surface area contributed by atoms with Gasteiger partial charge in [-0.05, 0) is 37.8 Å². The Morgan fingerprint density at radius 1 is 1.17 bits per heavy atom. The molecule has 4 heteroatoms. The Morgan fingerprint density at radius 2 is 1.87 bits per heavy atom. The van der Waals surface area contributed by atoms with E-state index >= 15 is 0 Å². The van der Waals surface area contributed by atoms with E-state index in [1.54, 1.807) is 4.90 Å². The molecule has 0 saturated heterocycles. The van der Waals surface area contributed by atoms with Crippen LogP contribution in [0.1, 0.15) is 63.1 Å². The third kappa shape index (κ3) is 3.26. The van der Waals surface area contributed by atoms with E-state index in [-0.39, 0.29) is 23.9 Å². The molecule has 3 rings (SSSR count). The summed E-state index contributed by atoms with van der Waals surface area (Å²) in [5, 5.41) is 3.20. The van der Waals surface area contributed by atoms with Gasteiger partial charge in [0.1, 0.15) is 6.04 Å². The van der Waals surface area contributed by atoms with Crippen molar-refractivity contribution in [3.05, 3.63) is 35.4 Å². The molecule has 124 valence electrons. The van der Waals surface area contributed by atoms with Crippen LogP contribution in [0, 0.1) is 0 Å². The topological polar surface area (TPSA) is 49.4 Å². The molecule has 2 amide bonds. The number of hydrogen-bond donors (Lipinski definition) is 1. The van der Waals surface area contributed by atoms with E-state index < -0.39 is 6.04 Å². The highest BCUT2D eigenvalue weighted by atomic mass is 16.2. The summed E-state index contributed by atoms with van der Waals surface area (Å²) in [5.74, 6) is 0.0218. The second kappa shape index (κ2) is 6.73. The summed E-state index contributed by atoms with van der Waals surface area (Å²) in [6.07, 6.45) is 6.11. The average molecular weight is 314 g/mol. The molecule has 0 bridgehead atoms. The molecule has 1 N–H and O–H groups in total. The number of carbonyl (C=O) groups is 2. The van der Waals surface area contributed by atoms with E-state index in [2.05, 4.69) is 5.32 Å². The number of nitrogens with zero attached hydrogens (tertiary/aromatic N) is 1. The molecule has 1 aromatic rings. The summed E-state index contributed by atoms with van der Waals surface area (Å²) in [6, 6.07) is 7.62. The van der Waals surface area contributed by atoms with Gasteiger partial charge in [-0.3, -0.25) is 9.59 Å². The Balaban J connectivity index is 1.88. The van der Waals surface area contributed by atoms with Crippen LogP contribution in [-0.4, -0.2) is 28.8 Å². The Morgan fingerprint density at radius 3 is 2.57 bits per heavy atom. The highest BCUT2D eigenvalue weighted by molar-refractivity contribution is 5.92. The first-order chi connectivity index (χ1) is 11.1. The molecule has 4 nitrogen and oxygen atoms in total. The van der Waals surface area contributed by atoms with Gasteiger partial charge in [0.15, 0.2) is 0 Å². The molecule has 1 heterocycles. The van der Waals surface area contributed by atoms with E-state index in [0.717, 1.165) is 24.0 Å². The molecule has 1 saturated carbocycles. The van der Waals surface area contributed by atoms with Crippen molar-refractivity contribution in [1.82, 2.24) is 10.2 Å². The highest BCUT2D eigenvalue weighted by Gasteiger charge is 2.38. The van der Waals surface area contributed by atoms with Crippen LogP contribution in [0.4, 0.5) is 0 Å². The van der Waals surface area contributed by atoms with Crippen molar-refractivity contribution in [2.75, 3.05) is 0 Å². The van der Waals surface area contributed by atoms with E-state index in [0.29, 0.717) is 6.42 Å². The molecule has 1 fully saturated rings. The second-order valence-electron chi connectivity index (χ2n) is 7.02. The second-order valence-corrected chi connectivity index (χ2v) is 7.02. The maximum absolute atomic E-state index is 13.0. The molecule has 0 aromatic heterocycles. The van der Waals surface area contributed by atoms with Crippen LogP contribution in [0.3, 0.4) is 0 Å². The molecular weight excluding hydrogens is 288 g/mol. The Kier molecular flexibility index (Phi) is 4.69. The van der Waals surface area contributed by atoms with Crippen LogP contribution in [0.25, 0.3) is 0 Å². The lowest BCUT2D eigenvalue weighted by atomic mass is 9.89. The average Bonchev–Trinajstić information content (AvgIpc) is 2.54. The number of hydrogen-bond acceptors (Lipinski definition) is 2. The Hall–Kier alpha value is -1.84. The predicted molar refractivity (Wildman–Crippen MR) is 89.9 cm³/mol. The Labute approximate surface area is 138 Å². The Bertz CT molecular complexity index is 591. The maximum atomic E-state index is 13.0. The van der Waals surface area contributed by atoms with E-state index in [9.17, 15) is 9.59 Å². The first-order valence-corrected chi connectivity index (χ1v) is 8.77. The lowest BCUT2D eigenvalue weighted by Gasteiger charge is -2.39. The van der Waals surface area contributed by atoms with E-state index in [1.807, 2.05) is 38.1 Å². The minimum atomic E-state index is -0.491. The zero-order chi connectivity index (χ0) is 16.4. The number of rotatable bonds is 3. The minimum absolute atomic E-state index is 0.0120. The smallest absolute Gasteiger partial charge is 0.247 e. The first-order valence-electron chi connectivity index (χ1n) is 8.77. The molecule has 1 aliphatic heterocycles. The van der Waals surface area contributed by atoms with Crippen molar-refractivity contribution >= 4 is 11.8 Å². The van der Waals surface area contributed by atoms with Gasteiger partial charge >= 0.3 is 0 Å². The van der Waals surface area contributed by atoms with Crippen LogP contribution < -0.4 is 5.32 Å². The number of fused-ring (bicyclic) bond motifs is 1. The van der Waals surface area contributed by atoms with Crippen molar-refractivity contribution in [1.29, 1.82) is 0 Å². The highest BCUT2D eigenvalue weighted by Crippen LogP contribution is 2.32. The first kappa shape index (κ1) is 16.0. The minimum Gasteiger partial charge on any atom is -0.351 e. The summed E-state index contributed by atoms with van der Waals surface area (Å²) in [7, 11) is 0. The van der Waals surface area contributed by atoms with E-state index in [4.69, 9.17) is 0 Å². The standard InChI is InChI=1S/C19H26N2O2/c1-13(2)21-17(22)12-14-8-6-7-11-16(14)18(21)19(23)20-15-9-4-3-5-10-15/h6-8,11,13,15,18H,3-5,9-10,12H2,1-2H3,(H,20,23)/t18-/m1/s1. The van der Waals surface area contributed by atoms with Gasteiger partial charge in [-0.15, -0.1) is 0 Å². The lowest BCUT2D eigenvalue weighted by Crippen LogP contribution is -2.52. The normalized spacial score (nSPS) is 22.1. The quantitative estimate of drug-likeness (QED) is 0.932. The van der Waals surface area contributed by atoms with Gasteiger partial charge in [-0.1, -0.05) is 43.5 Å². The monoisotopic (exact) mass is 314 g/mol. The third-order valence-corrected chi connectivity index (χ3v) is 5.01. The molecule has 0 spiro atoms. The molecular formula is C19H26N2O2. The molecule has 0 unspecified atom stereocenters. The number of benzene rings is 1. The summed E-state index contributed by atoms with van der Waals surface area (Å²) in [5.41, 5.74) is 1.97. The fourth-order valence-electron chi connectivity index (χ4n) is 3.89. The number of carbonyl (C=O) groups excluding carboxylic acids is 2. The van der Waals surface area contributed by atoms with E-state index in [1.165, 1.54) is 19.3 Å². The van der Waals surface area contributed by atoms with Crippen LogP contribution in [0.5, 0.6) is 0 Å². The molecule has 2 aliphatic rings. The SMILES string of the molecule is CC(C)N1C(=O)Cc2ccccc2[C@@H]1C(=O)NC1CCCCC1. The molecule has 1 aliphatic carbocycles.